The number of rotatable bonds is 3. The third-order valence-electron chi connectivity index (χ3n) is 4.40. The Morgan fingerprint density at radius 2 is 1.88 bits per heavy atom. The van der Waals surface area contributed by atoms with Crippen LogP contribution in [0.25, 0.3) is 21.9 Å². The van der Waals surface area contributed by atoms with Crippen molar-refractivity contribution in [2.75, 3.05) is 0 Å². The molecular formula is C19H15N4OTl. The molecule has 0 saturated heterocycles. The minimum absolute atomic E-state index is 0.624. The summed E-state index contributed by atoms with van der Waals surface area (Å²) in [5.41, 5.74) is 2.31. The molecule has 120 valence electrons. The van der Waals surface area contributed by atoms with E-state index in [9.17, 15) is 5.11 Å². The molecule has 0 saturated carbocycles. The molecule has 6 heteroatoms. The molecule has 0 amide bonds. The molecule has 0 radical (unpaired) electrons. The summed E-state index contributed by atoms with van der Waals surface area (Å²) in [5.74, 6) is 0. The van der Waals surface area contributed by atoms with Gasteiger partial charge in [0.05, 0.1) is 0 Å². The molecule has 2 heterocycles. The number of nitrogens with zero attached hydrogens (tertiary/aromatic N) is 4. The predicted molar refractivity (Wildman–Crippen MR) is 97.0 cm³/mol. The Hall–Kier alpha value is -2.13. The molecule has 25 heavy (non-hydrogen) atoms. The number of aromatic nitrogens is 4. The zero-order valence-electron chi connectivity index (χ0n) is 13.7. The molecule has 1 unspecified atom stereocenters. The summed E-state index contributed by atoms with van der Waals surface area (Å²) < 4.78 is 2.00. The van der Waals surface area contributed by atoms with Gasteiger partial charge in [-0.05, 0) is 0 Å². The van der Waals surface area contributed by atoms with Crippen LogP contribution >= 0.6 is 0 Å². The Labute approximate surface area is 161 Å². The van der Waals surface area contributed by atoms with E-state index in [4.69, 9.17) is 0 Å². The van der Waals surface area contributed by atoms with Crippen LogP contribution in [-0.4, -0.2) is 48.5 Å². The first kappa shape index (κ1) is 16.3. The van der Waals surface area contributed by atoms with Gasteiger partial charge in [-0.3, -0.25) is 0 Å². The van der Waals surface area contributed by atoms with Gasteiger partial charge in [0.2, 0.25) is 0 Å². The average Bonchev–Trinajstić information content (AvgIpc) is 3.09. The van der Waals surface area contributed by atoms with Gasteiger partial charge in [0.1, 0.15) is 0 Å². The number of fused-ring (bicyclic) bond motifs is 1. The van der Waals surface area contributed by atoms with Crippen LogP contribution in [0.5, 0.6) is 0 Å². The van der Waals surface area contributed by atoms with Gasteiger partial charge in [-0.15, -0.1) is 0 Å². The maximum absolute atomic E-state index is 11.2. The van der Waals surface area contributed by atoms with E-state index in [0.29, 0.717) is 31.8 Å². The molecule has 0 aliphatic heterocycles. The normalized spacial score (nSPS) is 13.6. The molecule has 1 atom stereocenters. The fourth-order valence-corrected chi connectivity index (χ4v) is 3.86. The van der Waals surface area contributed by atoms with Gasteiger partial charge in [0.25, 0.3) is 0 Å². The molecule has 1 N–H and O–H groups in total. The Bertz CT molecular complexity index is 1040. The monoisotopic (exact) mass is 520 g/mol. The second kappa shape index (κ2) is 6.31. The van der Waals surface area contributed by atoms with Crippen molar-refractivity contribution >= 4 is 36.8 Å². The molecule has 2 aromatic heterocycles. The SMILES string of the molecule is CC(O)(c1c[n]([Tl])cn1)c1cccc2ccc(-c3cncnc3)cc12. The fraction of sp³-hybridized carbons (Fsp3) is 0.105. The van der Waals surface area contributed by atoms with Crippen LogP contribution in [0, 0.1) is 0 Å². The van der Waals surface area contributed by atoms with Crippen molar-refractivity contribution in [3.63, 3.8) is 0 Å². The summed E-state index contributed by atoms with van der Waals surface area (Å²) in [5, 5.41) is 13.3. The van der Waals surface area contributed by atoms with E-state index in [2.05, 4.69) is 27.1 Å². The van der Waals surface area contributed by atoms with E-state index in [-0.39, 0.29) is 0 Å². The third-order valence-corrected chi connectivity index (χ3v) is 5.50. The van der Waals surface area contributed by atoms with Crippen molar-refractivity contribution in [3.05, 3.63) is 78.9 Å². The number of benzene rings is 2. The van der Waals surface area contributed by atoms with Crippen molar-refractivity contribution in [2.45, 2.75) is 12.5 Å². The Morgan fingerprint density at radius 3 is 2.60 bits per heavy atom. The zero-order valence-corrected chi connectivity index (χ0v) is 18.2. The van der Waals surface area contributed by atoms with Crippen LogP contribution in [0.15, 0.2) is 67.6 Å². The quantitative estimate of drug-likeness (QED) is 0.423. The standard InChI is InChI=1S/C19H15N4O.Tl/c1-19(24,18-10-22-12-23-18)17-4-2-3-13-5-6-14(7-16(13)17)15-8-20-11-21-9-15;/h2-12,24H,1H3;/q-1;+1. The second-order valence-corrected chi connectivity index (χ2v) is 8.47. The summed E-state index contributed by atoms with van der Waals surface area (Å²) in [6.45, 7) is 1.80. The molecule has 0 aliphatic rings. The van der Waals surface area contributed by atoms with Crippen LogP contribution in [0.4, 0.5) is 0 Å². The predicted octanol–water partition coefficient (Wildman–Crippen LogP) is 2.68. The molecule has 4 rings (SSSR count). The van der Waals surface area contributed by atoms with Gasteiger partial charge in [-0.25, -0.2) is 0 Å². The van der Waals surface area contributed by atoms with Crippen molar-refractivity contribution < 1.29 is 5.11 Å². The summed E-state index contributed by atoms with van der Waals surface area (Å²) >= 11 is 0.624. The van der Waals surface area contributed by atoms with Crippen LogP contribution in [0.2, 0.25) is 0 Å². The minimum atomic E-state index is -1.16. The van der Waals surface area contributed by atoms with E-state index in [1.54, 1.807) is 25.6 Å². The summed E-state index contributed by atoms with van der Waals surface area (Å²) in [6, 6.07) is 12.2. The van der Waals surface area contributed by atoms with Gasteiger partial charge < -0.3 is 0 Å². The van der Waals surface area contributed by atoms with Gasteiger partial charge >= 0.3 is 162 Å². The van der Waals surface area contributed by atoms with Gasteiger partial charge in [-0.1, -0.05) is 0 Å². The average molecular weight is 520 g/mol. The maximum atomic E-state index is 11.2. The van der Waals surface area contributed by atoms with Crippen LogP contribution < -0.4 is 0 Å². The second-order valence-electron chi connectivity index (χ2n) is 6.15. The van der Waals surface area contributed by atoms with Crippen molar-refractivity contribution in [2.24, 2.45) is 0 Å². The van der Waals surface area contributed by atoms with Crippen molar-refractivity contribution in [3.8, 4) is 11.1 Å². The first-order chi connectivity index (χ1) is 12.1. The molecular weight excluding hydrogens is 505 g/mol. The molecule has 2 aromatic carbocycles. The number of hydrogen-bond acceptors (Lipinski definition) is 4. The fourth-order valence-electron chi connectivity index (χ4n) is 3.05. The first-order valence-electron chi connectivity index (χ1n) is 7.86. The van der Waals surface area contributed by atoms with Gasteiger partial charge in [-0.2, -0.15) is 0 Å². The van der Waals surface area contributed by atoms with E-state index >= 15 is 0 Å². The molecule has 4 aromatic rings. The first-order valence-corrected chi connectivity index (χ1v) is 9.87. The molecule has 0 spiro atoms. The molecule has 0 fully saturated rings. The zero-order chi connectivity index (χ0) is 17.4. The Balaban J connectivity index is 1.92. The van der Waals surface area contributed by atoms with Crippen molar-refractivity contribution in [1.29, 1.82) is 0 Å². The Morgan fingerprint density at radius 1 is 1.08 bits per heavy atom. The summed E-state index contributed by atoms with van der Waals surface area (Å²) in [7, 11) is 0. The third kappa shape index (κ3) is 2.98. The molecule has 0 aliphatic carbocycles. The topological polar surface area (TPSA) is 63.8 Å². The van der Waals surface area contributed by atoms with Crippen LogP contribution in [0.1, 0.15) is 18.2 Å². The number of imidazole rings is 1. The summed E-state index contributed by atoms with van der Waals surface area (Å²) in [4.78, 5) is 12.6. The number of aliphatic hydroxyl groups is 1. The van der Waals surface area contributed by atoms with Crippen LogP contribution in [0.3, 0.4) is 0 Å². The number of hydrogen-bond donors (Lipinski definition) is 1. The Kier molecular flexibility index (Phi) is 4.12. The molecule has 5 nitrogen and oxygen atoms in total. The van der Waals surface area contributed by atoms with E-state index in [0.717, 1.165) is 27.5 Å². The van der Waals surface area contributed by atoms with Gasteiger partial charge in [0, 0.05) is 0 Å². The van der Waals surface area contributed by atoms with E-state index < -0.39 is 5.60 Å². The van der Waals surface area contributed by atoms with E-state index in [1.807, 2.05) is 32.8 Å². The summed E-state index contributed by atoms with van der Waals surface area (Å²) in [6.07, 6.45) is 8.79. The van der Waals surface area contributed by atoms with E-state index in [1.165, 1.54) is 6.33 Å². The van der Waals surface area contributed by atoms with Gasteiger partial charge in [0.15, 0.2) is 0 Å². The molecule has 0 bridgehead atoms. The van der Waals surface area contributed by atoms with Crippen molar-refractivity contribution in [1.82, 2.24) is 17.3 Å². The van der Waals surface area contributed by atoms with Crippen LogP contribution in [-0.2, 0) is 5.60 Å².